The van der Waals surface area contributed by atoms with Crippen LogP contribution in [0.3, 0.4) is 0 Å². The summed E-state index contributed by atoms with van der Waals surface area (Å²) in [4.78, 5) is 29.7. The van der Waals surface area contributed by atoms with Crippen molar-refractivity contribution in [1.29, 1.82) is 0 Å². The summed E-state index contributed by atoms with van der Waals surface area (Å²) in [5.74, 6) is -0.320. The molecule has 2 N–H and O–H groups in total. The first kappa shape index (κ1) is 14.8. The Labute approximate surface area is 131 Å². The molecule has 0 spiro atoms. The van der Waals surface area contributed by atoms with Gasteiger partial charge in [0.15, 0.2) is 0 Å². The van der Waals surface area contributed by atoms with Crippen LogP contribution in [0, 0.1) is 5.92 Å². The predicted molar refractivity (Wildman–Crippen MR) is 82.0 cm³/mol. The first-order valence-corrected chi connectivity index (χ1v) is 8.05. The maximum absolute atomic E-state index is 12.3. The number of nitrogens with two attached hydrogens (primary N) is 1. The Morgan fingerprint density at radius 1 is 1.41 bits per heavy atom. The molecule has 3 rings (SSSR count). The minimum Gasteiger partial charge on any atom is -0.472 e. The first-order chi connectivity index (χ1) is 10.6. The molecule has 1 saturated heterocycles. The average Bonchev–Trinajstić information content (AvgIpc) is 3.18. The van der Waals surface area contributed by atoms with E-state index in [1.807, 2.05) is 11.4 Å². The van der Waals surface area contributed by atoms with E-state index in [-0.39, 0.29) is 24.2 Å². The second-order valence-corrected chi connectivity index (χ2v) is 6.25. The van der Waals surface area contributed by atoms with Gasteiger partial charge in [0.2, 0.25) is 11.8 Å². The van der Waals surface area contributed by atoms with Gasteiger partial charge in [0, 0.05) is 30.0 Å². The van der Waals surface area contributed by atoms with Crippen molar-refractivity contribution in [3.05, 3.63) is 29.7 Å². The molecule has 0 aliphatic carbocycles. The largest absolute Gasteiger partial charge is 0.472 e. The van der Waals surface area contributed by atoms with Crippen LogP contribution >= 0.6 is 11.3 Å². The van der Waals surface area contributed by atoms with Crippen LogP contribution in [0.5, 0.6) is 0 Å². The van der Waals surface area contributed by atoms with E-state index in [9.17, 15) is 9.59 Å². The Kier molecular flexibility index (Phi) is 4.24. The molecule has 2 amide bonds. The fourth-order valence-electron chi connectivity index (χ4n) is 2.59. The van der Waals surface area contributed by atoms with E-state index in [2.05, 4.69) is 4.98 Å². The van der Waals surface area contributed by atoms with E-state index >= 15 is 0 Å². The minimum absolute atomic E-state index is 0.0481. The Hall–Kier alpha value is -2.15. The molecule has 116 valence electrons. The van der Waals surface area contributed by atoms with Crippen molar-refractivity contribution in [2.45, 2.75) is 19.3 Å². The molecule has 1 aliphatic heterocycles. The summed E-state index contributed by atoms with van der Waals surface area (Å²) in [7, 11) is 0. The molecule has 0 saturated carbocycles. The number of rotatable bonds is 4. The summed E-state index contributed by atoms with van der Waals surface area (Å²) in [6, 6.07) is 1.85. The molecule has 1 fully saturated rings. The number of hydrogen-bond donors (Lipinski definition) is 1. The molecule has 22 heavy (non-hydrogen) atoms. The van der Waals surface area contributed by atoms with Crippen molar-refractivity contribution in [2.24, 2.45) is 11.7 Å². The van der Waals surface area contributed by atoms with E-state index in [1.165, 1.54) is 11.3 Å². The van der Waals surface area contributed by atoms with Crippen molar-refractivity contribution in [1.82, 2.24) is 9.88 Å². The Morgan fingerprint density at radius 2 is 2.18 bits per heavy atom. The maximum Gasteiger partial charge on any atom is 0.228 e. The van der Waals surface area contributed by atoms with Crippen LogP contribution in [0.15, 0.2) is 28.4 Å². The standard InChI is InChI=1S/C15H17N3O3S/c16-14(20)10-1-4-18(5-2-10)13(19)7-12-9-22-15(17-12)11-3-6-21-8-11/h3,6,8-10H,1-2,4-5,7H2,(H2,16,20). The fraction of sp³-hybridized carbons (Fsp3) is 0.400. The Balaban J connectivity index is 1.57. The van der Waals surface area contributed by atoms with Crippen molar-refractivity contribution in [3.63, 3.8) is 0 Å². The van der Waals surface area contributed by atoms with Gasteiger partial charge in [-0.1, -0.05) is 0 Å². The number of hydrogen-bond acceptors (Lipinski definition) is 5. The van der Waals surface area contributed by atoms with Crippen LogP contribution in [-0.4, -0.2) is 34.8 Å². The third kappa shape index (κ3) is 3.19. The molecule has 2 aromatic heterocycles. The van der Waals surface area contributed by atoms with E-state index < -0.39 is 0 Å². The molecule has 0 unspecified atom stereocenters. The van der Waals surface area contributed by atoms with Crippen LogP contribution in [0.4, 0.5) is 0 Å². The highest BCUT2D eigenvalue weighted by Gasteiger charge is 2.26. The van der Waals surface area contributed by atoms with Crippen molar-refractivity contribution < 1.29 is 14.0 Å². The van der Waals surface area contributed by atoms with Crippen LogP contribution in [0.2, 0.25) is 0 Å². The van der Waals surface area contributed by atoms with E-state index in [1.54, 1.807) is 17.4 Å². The second-order valence-electron chi connectivity index (χ2n) is 5.39. The van der Waals surface area contributed by atoms with E-state index in [0.717, 1.165) is 16.3 Å². The number of likely N-dealkylation sites (tertiary alicyclic amines) is 1. The highest BCUT2D eigenvalue weighted by molar-refractivity contribution is 7.13. The Bertz CT molecular complexity index is 657. The van der Waals surface area contributed by atoms with Gasteiger partial charge in [0.25, 0.3) is 0 Å². The van der Waals surface area contributed by atoms with E-state index in [4.69, 9.17) is 10.2 Å². The minimum atomic E-state index is -0.267. The third-order valence-electron chi connectivity index (χ3n) is 3.90. The number of aromatic nitrogens is 1. The van der Waals surface area contributed by atoms with Crippen LogP contribution < -0.4 is 5.73 Å². The number of primary amides is 1. The number of carbonyl (C=O) groups is 2. The smallest absolute Gasteiger partial charge is 0.228 e. The molecule has 0 atom stereocenters. The molecule has 3 heterocycles. The maximum atomic E-state index is 12.3. The molecule has 0 bridgehead atoms. The normalized spacial score (nSPS) is 15.9. The molecule has 0 radical (unpaired) electrons. The summed E-state index contributed by atoms with van der Waals surface area (Å²) >= 11 is 1.50. The molecular weight excluding hydrogens is 302 g/mol. The highest BCUT2D eigenvalue weighted by Crippen LogP contribution is 2.24. The van der Waals surface area contributed by atoms with Gasteiger partial charge in [0.05, 0.1) is 18.4 Å². The lowest BCUT2D eigenvalue weighted by Crippen LogP contribution is -2.42. The van der Waals surface area contributed by atoms with Gasteiger partial charge in [0.1, 0.15) is 11.3 Å². The molecular formula is C15H17N3O3S. The summed E-state index contributed by atoms with van der Waals surface area (Å²) in [5.41, 5.74) is 6.99. The van der Waals surface area contributed by atoms with Gasteiger partial charge in [-0.2, -0.15) is 0 Å². The Morgan fingerprint density at radius 3 is 2.82 bits per heavy atom. The lowest BCUT2D eigenvalue weighted by atomic mass is 9.96. The van der Waals surface area contributed by atoms with Gasteiger partial charge in [-0.25, -0.2) is 4.98 Å². The van der Waals surface area contributed by atoms with Crippen molar-refractivity contribution in [2.75, 3.05) is 13.1 Å². The molecule has 7 heteroatoms. The zero-order chi connectivity index (χ0) is 15.5. The molecule has 1 aliphatic rings. The summed E-state index contributed by atoms with van der Waals surface area (Å²) < 4.78 is 5.04. The zero-order valence-corrected chi connectivity index (χ0v) is 12.8. The lowest BCUT2D eigenvalue weighted by molar-refractivity contribution is -0.134. The number of amides is 2. The van der Waals surface area contributed by atoms with Gasteiger partial charge < -0.3 is 15.1 Å². The van der Waals surface area contributed by atoms with E-state index in [0.29, 0.717) is 25.9 Å². The van der Waals surface area contributed by atoms with Crippen LogP contribution in [0.1, 0.15) is 18.5 Å². The number of thiazole rings is 1. The number of nitrogens with zero attached hydrogens (tertiary/aromatic N) is 2. The summed E-state index contributed by atoms with van der Waals surface area (Å²) in [5, 5.41) is 2.75. The monoisotopic (exact) mass is 319 g/mol. The van der Waals surface area contributed by atoms with Gasteiger partial charge in [-0.3, -0.25) is 9.59 Å². The van der Waals surface area contributed by atoms with Gasteiger partial charge in [-0.15, -0.1) is 11.3 Å². The predicted octanol–water partition coefficient (Wildman–Crippen LogP) is 1.67. The topological polar surface area (TPSA) is 89.4 Å². The summed E-state index contributed by atoms with van der Waals surface area (Å²) in [6.45, 7) is 1.18. The molecule has 2 aromatic rings. The SMILES string of the molecule is NC(=O)C1CCN(C(=O)Cc2csc(-c3ccoc3)n2)CC1. The lowest BCUT2D eigenvalue weighted by Gasteiger charge is -2.30. The van der Waals surface area contributed by atoms with Crippen LogP contribution in [0.25, 0.3) is 10.6 Å². The number of carbonyl (C=O) groups excluding carboxylic acids is 2. The fourth-order valence-corrected chi connectivity index (χ4v) is 3.39. The average molecular weight is 319 g/mol. The van der Waals surface area contributed by atoms with Gasteiger partial charge >= 0.3 is 0 Å². The second kappa shape index (κ2) is 6.31. The van der Waals surface area contributed by atoms with Crippen molar-refractivity contribution in [3.8, 4) is 10.6 Å². The van der Waals surface area contributed by atoms with Gasteiger partial charge in [-0.05, 0) is 18.9 Å². The quantitative estimate of drug-likeness (QED) is 0.928. The number of piperidine rings is 1. The van der Waals surface area contributed by atoms with Crippen molar-refractivity contribution >= 4 is 23.2 Å². The zero-order valence-electron chi connectivity index (χ0n) is 12.0. The molecule has 6 nitrogen and oxygen atoms in total. The summed E-state index contributed by atoms with van der Waals surface area (Å²) in [6.07, 6.45) is 4.83. The third-order valence-corrected chi connectivity index (χ3v) is 4.84. The highest BCUT2D eigenvalue weighted by atomic mass is 32.1. The van der Waals surface area contributed by atoms with Crippen LogP contribution in [-0.2, 0) is 16.0 Å². The first-order valence-electron chi connectivity index (χ1n) is 7.17. The molecule has 0 aromatic carbocycles. The number of furan rings is 1.